The van der Waals surface area contributed by atoms with Crippen LogP contribution in [-0.4, -0.2) is 17.0 Å². The second-order valence-corrected chi connectivity index (χ2v) is 4.84. The number of nitrogens with two attached hydrogens (primary N) is 1. The molecule has 4 heteroatoms. The quantitative estimate of drug-likeness (QED) is 0.842. The average Bonchev–Trinajstić information content (AvgIpc) is 2.46. The number of primary amides is 1. The predicted octanol–water partition coefficient (Wildman–Crippen LogP) is 2.80. The lowest BCUT2D eigenvalue weighted by molar-refractivity contribution is -0.130. The molecule has 0 spiro atoms. The molecule has 0 radical (unpaired) electrons. The van der Waals surface area contributed by atoms with Gasteiger partial charge in [0.1, 0.15) is 6.10 Å². The highest BCUT2D eigenvalue weighted by Crippen LogP contribution is 2.13. The number of para-hydroxylation sites is 1. The molecule has 0 aliphatic heterocycles. The molecule has 4 nitrogen and oxygen atoms in total. The highest BCUT2D eigenvalue weighted by atomic mass is 16.5. The molecule has 1 aromatic carbocycles. The molecule has 1 unspecified atom stereocenters. The Morgan fingerprint density at radius 3 is 2.85 bits per heavy atom. The van der Waals surface area contributed by atoms with Crippen LogP contribution in [0, 0.1) is 0 Å². The molecule has 20 heavy (non-hydrogen) atoms. The van der Waals surface area contributed by atoms with Crippen molar-refractivity contribution >= 4 is 16.8 Å². The smallest absolute Gasteiger partial charge is 0.246 e. The van der Waals surface area contributed by atoms with Crippen molar-refractivity contribution in [2.24, 2.45) is 5.73 Å². The number of fused-ring (bicyclic) bond motifs is 1. The third-order valence-electron chi connectivity index (χ3n) is 3.23. The van der Waals surface area contributed by atoms with Crippen molar-refractivity contribution in [1.29, 1.82) is 0 Å². The number of rotatable bonds is 7. The van der Waals surface area contributed by atoms with E-state index < -0.39 is 12.0 Å². The van der Waals surface area contributed by atoms with Gasteiger partial charge in [0.25, 0.3) is 0 Å². The van der Waals surface area contributed by atoms with E-state index in [2.05, 4.69) is 11.9 Å². The standard InChI is InChI=1S/C16H20N2O2/c1-2-3-8-15(16(17)19)20-11-13-10-9-12-6-4-5-7-14(12)18-13/h4-7,9-10,15H,2-3,8,11H2,1H3,(H2,17,19). The van der Waals surface area contributed by atoms with Crippen LogP contribution in [0.1, 0.15) is 31.9 Å². The molecule has 1 heterocycles. The highest BCUT2D eigenvalue weighted by molar-refractivity contribution is 5.79. The van der Waals surface area contributed by atoms with Crippen LogP contribution in [0.15, 0.2) is 36.4 Å². The second-order valence-electron chi connectivity index (χ2n) is 4.84. The van der Waals surface area contributed by atoms with Crippen LogP contribution in [0.4, 0.5) is 0 Å². The van der Waals surface area contributed by atoms with Gasteiger partial charge in [0.2, 0.25) is 5.91 Å². The van der Waals surface area contributed by atoms with E-state index in [0.29, 0.717) is 13.0 Å². The van der Waals surface area contributed by atoms with E-state index >= 15 is 0 Å². The first kappa shape index (κ1) is 14.5. The summed E-state index contributed by atoms with van der Waals surface area (Å²) in [7, 11) is 0. The molecular weight excluding hydrogens is 252 g/mol. The van der Waals surface area contributed by atoms with Crippen LogP contribution in [0.2, 0.25) is 0 Å². The molecule has 0 bridgehead atoms. The fraction of sp³-hybridized carbons (Fsp3) is 0.375. The molecule has 106 valence electrons. The van der Waals surface area contributed by atoms with Gasteiger partial charge < -0.3 is 10.5 Å². The lowest BCUT2D eigenvalue weighted by atomic mass is 10.1. The lowest BCUT2D eigenvalue weighted by Gasteiger charge is -2.14. The highest BCUT2D eigenvalue weighted by Gasteiger charge is 2.15. The van der Waals surface area contributed by atoms with E-state index in [4.69, 9.17) is 10.5 Å². The zero-order valence-corrected chi connectivity index (χ0v) is 11.7. The lowest BCUT2D eigenvalue weighted by Crippen LogP contribution is -2.31. The van der Waals surface area contributed by atoms with Gasteiger partial charge in [-0.25, -0.2) is 0 Å². The molecule has 0 aliphatic rings. The van der Waals surface area contributed by atoms with E-state index in [9.17, 15) is 4.79 Å². The first-order valence-electron chi connectivity index (χ1n) is 6.96. The van der Waals surface area contributed by atoms with Crippen LogP contribution >= 0.6 is 0 Å². The maximum atomic E-state index is 11.3. The fourth-order valence-electron chi connectivity index (χ4n) is 2.07. The number of nitrogens with zero attached hydrogens (tertiary/aromatic N) is 1. The monoisotopic (exact) mass is 272 g/mol. The Labute approximate surface area is 119 Å². The second kappa shape index (κ2) is 7.01. The minimum absolute atomic E-state index is 0.308. The first-order valence-corrected chi connectivity index (χ1v) is 6.96. The van der Waals surface area contributed by atoms with Crippen molar-refractivity contribution in [3.05, 3.63) is 42.1 Å². The van der Waals surface area contributed by atoms with Gasteiger partial charge in [-0.15, -0.1) is 0 Å². The van der Waals surface area contributed by atoms with Gasteiger partial charge in [-0.3, -0.25) is 9.78 Å². The van der Waals surface area contributed by atoms with E-state index in [1.807, 2.05) is 36.4 Å². The summed E-state index contributed by atoms with van der Waals surface area (Å²) < 4.78 is 5.60. The Balaban J connectivity index is 2.01. The summed E-state index contributed by atoms with van der Waals surface area (Å²) in [5.41, 5.74) is 7.09. The Morgan fingerprint density at radius 1 is 1.30 bits per heavy atom. The molecule has 0 aliphatic carbocycles. The van der Waals surface area contributed by atoms with Gasteiger partial charge in [0.05, 0.1) is 17.8 Å². The van der Waals surface area contributed by atoms with Gasteiger partial charge in [-0.1, -0.05) is 44.0 Å². The molecule has 2 N–H and O–H groups in total. The molecular formula is C16H20N2O2. The summed E-state index contributed by atoms with van der Waals surface area (Å²) in [5.74, 6) is -0.403. The summed E-state index contributed by atoms with van der Waals surface area (Å²) >= 11 is 0. The van der Waals surface area contributed by atoms with Crippen molar-refractivity contribution < 1.29 is 9.53 Å². The zero-order valence-electron chi connectivity index (χ0n) is 11.7. The number of carbonyl (C=O) groups excluding carboxylic acids is 1. The van der Waals surface area contributed by atoms with E-state index in [1.165, 1.54) is 0 Å². The van der Waals surface area contributed by atoms with Crippen molar-refractivity contribution in [2.45, 2.75) is 38.9 Å². The van der Waals surface area contributed by atoms with Gasteiger partial charge in [0.15, 0.2) is 0 Å². The summed E-state index contributed by atoms with van der Waals surface area (Å²) in [6.45, 7) is 2.38. The number of ether oxygens (including phenoxy) is 1. The number of hydrogen-bond acceptors (Lipinski definition) is 3. The maximum absolute atomic E-state index is 11.3. The third kappa shape index (κ3) is 3.78. The van der Waals surface area contributed by atoms with Gasteiger partial charge >= 0.3 is 0 Å². The van der Waals surface area contributed by atoms with Gasteiger partial charge in [-0.05, 0) is 18.6 Å². The molecule has 1 atom stereocenters. The van der Waals surface area contributed by atoms with Gasteiger partial charge in [-0.2, -0.15) is 0 Å². The molecule has 1 amide bonds. The van der Waals surface area contributed by atoms with Crippen molar-refractivity contribution in [3.63, 3.8) is 0 Å². The number of aromatic nitrogens is 1. The minimum Gasteiger partial charge on any atom is -0.367 e. The molecule has 0 fully saturated rings. The summed E-state index contributed by atoms with van der Waals surface area (Å²) in [6.07, 6.45) is 2.09. The van der Waals surface area contributed by atoms with Crippen molar-refractivity contribution in [2.75, 3.05) is 0 Å². The number of amides is 1. The molecule has 0 saturated carbocycles. The Hall–Kier alpha value is -1.94. The maximum Gasteiger partial charge on any atom is 0.246 e. The zero-order chi connectivity index (χ0) is 14.4. The van der Waals surface area contributed by atoms with E-state index in [1.54, 1.807) is 0 Å². The van der Waals surface area contributed by atoms with Crippen LogP contribution in [0.25, 0.3) is 10.9 Å². The van der Waals surface area contributed by atoms with Crippen LogP contribution in [0.3, 0.4) is 0 Å². The topological polar surface area (TPSA) is 65.2 Å². The largest absolute Gasteiger partial charge is 0.367 e. The van der Waals surface area contributed by atoms with E-state index in [0.717, 1.165) is 29.4 Å². The number of carbonyl (C=O) groups is 1. The molecule has 2 rings (SSSR count). The number of pyridine rings is 1. The normalized spacial score (nSPS) is 12.4. The number of unbranched alkanes of at least 4 members (excludes halogenated alkanes) is 1. The third-order valence-corrected chi connectivity index (χ3v) is 3.23. The Bertz CT molecular complexity index is 583. The summed E-state index contributed by atoms with van der Waals surface area (Å²) in [6, 6.07) is 11.8. The minimum atomic E-state index is -0.525. The Kier molecular flexibility index (Phi) is 5.07. The van der Waals surface area contributed by atoms with E-state index in [-0.39, 0.29) is 0 Å². The van der Waals surface area contributed by atoms with Crippen LogP contribution in [0.5, 0.6) is 0 Å². The Morgan fingerprint density at radius 2 is 2.10 bits per heavy atom. The molecule has 2 aromatic rings. The average molecular weight is 272 g/mol. The molecule has 1 aromatic heterocycles. The number of benzene rings is 1. The predicted molar refractivity (Wildman–Crippen MR) is 79.0 cm³/mol. The molecule has 0 saturated heterocycles. The van der Waals surface area contributed by atoms with Crippen molar-refractivity contribution in [1.82, 2.24) is 4.98 Å². The number of hydrogen-bond donors (Lipinski definition) is 1. The van der Waals surface area contributed by atoms with Crippen LogP contribution < -0.4 is 5.73 Å². The van der Waals surface area contributed by atoms with Gasteiger partial charge in [0, 0.05) is 5.39 Å². The van der Waals surface area contributed by atoms with Crippen LogP contribution in [-0.2, 0) is 16.1 Å². The summed E-state index contributed by atoms with van der Waals surface area (Å²) in [5, 5.41) is 1.09. The van der Waals surface area contributed by atoms with Crippen molar-refractivity contribution in [3.8, 4) is 0 Å². The summed E-state index contributed by atoms with van der Waals surface area (Å²) in [4.78, 5) is 15.8. The fourth-order valence-corrected chi connectivity index (χ4v) is 2.07. The first-order chi connectivity index (χ1) is 9.70. The SMILES string of the molecule is CCCCC(OCc1ccc2ccccc2n1)C(N)=O.